The molecule has 0 aromatic heterocycles. The van der Waals surface area contributed by atoms with E-state index < -0.39 is 0 Å². The minimum atomic E-state index is 0.774. The van der Waals surface area contributed by atoms with Gasteiger partial charge in [-0.3, -0.25) is 0 Å². The molecule has 0 unspecified atom stereocenters. The van der Waals surface area contributed by atoms with E-state index in [4.69, 9.17) is 11.6 Å². The standard InChI is InChI=1S/C20H22ClN/c21-19-8-5-15(6-9-19)16-3-4-18-14-20(10-7-17(18)13-16)22-11-1-2-12-22/h3-6,8-9,13,20H,1-2,7,10-12,14H2/t20-/m0/s1. The SMILES string of the molecule is Clc1ccc(-c2ccc3c(c2)CC[C@H](N2CCCC2)C3)cc1. The van der Waals surface area contributed by atoms with Crippen LogP contribution < -0.4 is 0 Å². The van der Waals surface area contributed by atoms with E-state index >= 15 is 0 Å². The van der Waals surface area contributed by atoms with Crippen LogP contribution in [0.5, 0.6) is 0 Å². The fourth-order valence-electron chi connectivity index (χ4n) is 3.98. The summed E-state index contributed by atoms with van der Waals surface area (Å²) < 4.78 is 0. The van der Waals surface area contributed by atoms with Gasteiger partial charge in [-0.1, -0.05) is 41.9 Å². The normalized spacial score (nSPS) is 21.8. The van der Waals surface area contributed by atoms with Gasteiger partial charge >= 0.3 is 0 Å². The lowest BCUT2D eigenvalue weighted by Crippen LogP contribution is -2.37. The average molecular weight is 312 g/mol. The fraction of sp³-hybridized carbons (Fsp3) is 0.400. The molecule has 1 fully saturated rings. The van der Waals surface area contributed by atoms with Crippen molar-refractivity contribution in [3.8, 4) is 11.1 Å². The fourth-order valence-corrected chi connectivity index (χ4v) is 4.10. The first-order valence-electron chi connectivity index (χ1n) is 8.41. The van der Waals surface area contributed by atoms with Gasteiger partial charge in [0.2, 0.25) is 0 Å². The Labute approximate surface area is 137 Å². The lowest BCUT2D eigenvalue weighted by molar-refractivity contribution is 0.222. The van der Waals surface area contributed by atoms with Gasteiger partial charge in [-0.05, 0) is 79.6 Å². The predicted octanol–water partition coefficient (Wildman–Crippen LogP) is 4.96. The van der Waals surface area contributed by atoms with Gasteiger partial charge in [0, 0.05) is 11.1 Å². The molecule has 1 nitrogen and oxygen atoms in total. The molecular weight excluding hydrogens is 290 g/mol. The molecule has 114 valence electrons. The molecule has 1 aliphatic heterocycles. The quantitative estimate of drug-likeness (QED) is 0.757. The van der Waals surface area contributed by atoms with Gasteiger partial charge in [-0.25, -0.2) is 0 Å². The second kappa shape index (κ2) is 6.06. The van der Waals surface area contributed by atoms with Crippen LogP contribution >= 0.6 is 11.6 Å². The molecule has 1 heterocycles. The number of rotatable bonds is 2. The molecule has 0 radical (unpaired) electrons. The highest BCUT2D eigenvalue weighted by Crippen LogP contribution is 2.30. The Kier molecular flexibility index (Phi) is 3.94. The lowest BCUT2D eigenvalue weighted by atomic mass is 9.85. The van der Waals surface area contributed by atoms with Crippen LogP contribution in [-0.4, -0.2) is 24.0 Å². The number of halogens is 1. The molecule has 2 heteroatoms. The van der Waals surface area contributed by atoms with Crippen LogP contribution in [0.15, 0.2) is 42.5 Å². The zero-order valence-corrected chi connectivity index (χ0v) is 13.6. The van der Waals surface area contributed by atoms with Crippen molar-refractivity contribution in [3.63, 3.8) is 0 Å². The topological polar surface area (TPSA) is 3.24 Å². The third-order valence-corrected chi connectivity index (χ3v) is 5.50. The number of fused-ring (bicyclic) bond motifs is 1. The summed E-state index contributed by atoms with van der Waals surface area (Å²) in [5.41, 5.74) is 5.67. The van der Waals surface area contributed by atoms with E-state index in [0.717, 1.165) is 11.1 Å². The van der Waals surface area contributed by atoms with Crippen LogP contribution in [0.2, 0.25) is 5.02 Å². The van der Waals surface area contributed by atoms with Crippen LogP contribution in [0.4, 0.5) is 0 Å². The molecule has 0 saturated carbocycles. The molecule has 22 heavy (non-hydrogen) atoms. The second-order valence-corrected chi connectivity index (χ2v) is 7.07. The summed E-state index contributed by atoms with van der Waals surface area (Å²) in [5, 5.41) is 0.801. The van der Waals surface area contributed by atoms with Crippen LogP contribution in [-0.2, 0) is 12.8 Å². The van der Waals surface area contributed by atoms with Crippen molar-refractivity contribution >= 4 is 11.6 Å². The highest BCUT2D eigenvalue weighted by Gasteiger charge is 2.26. The Morgan fingerprint density at radius 1 is 0.864 bits per heavy atom. The molecule has 0 bridgehead atoms. The van der Waals surface area contributed by atoms with E-state index in [1.165, 1.54) is 56.3 Å². The van der Waals surface area contributed by atoms with Crippen molar-refractivity contribution in [2.24, 2.45) is 0 Å². The predicted molar refractivity (Wildman–Crippen MR) is 93.5 cm³/mol. The Morgan fingerprint density at radius 3 is 2.36 bits per heavy atom. The van der Waals surface area contributed by atoms with Gasteiger partial charge in [0.25, 0.3) is 0 Å². The zero-order chi connectivity index (χ0) is 14.9. The van der Waals surface area contributed by atoms with Crippen molar-refractivity contribution in [1.82, 2.24) is 4.90 Å². The highest BCUT2D eigenvalue weighted by atomic mass is 35.5. The van der Waals surface area contributed by atoms with Crippen molar-refractivity contribution in [2.75, 3.05) is 13.1 Å². The molecular formula is C20H22ClN. The Morgan fingerprint density at radius 2 is 1.59 bits per heavy atom. The highest BCUT2D eigenvalue weighted by molar-refractivity contribution is 6.30. The molecule has 1 atom stereocenters. The largest absolute Gasteiger partial charge is 0.300 e. The summed E-state index contributed by atoms with van der Waals surface area (Å²) in [6.45, 7) is 2.62. The van der Waals surface area contributed by atoms with Crippen LogP contribution in [0.1, 0.15) is 30.4 Å². The summed E-state index contributed by atoms with van der Waals surface area (Å²) in [5.74, 6) is 0. The summed E-state index contributed by atoms with van der Waals surface area (Å²) in [6.07, 6.45) is 6.54. The first-order valence-corrected chi connectivity index (χ1v) is 8.79. The summed E-state index contributed by atoms with van der Waals surface area (Å²) in [4.78, 5) is 2.70. The van der Waals surface area contributed by atoms with E-state index in [2.05, 4.69) is 35.2 Å². The van der Waals surface area contributed by atoms with Gasteiger partial charge in [-0.2, -0.15) is 0 Å². The number of benzene rings is 2. The number of likely N-dealkylation sites (tertiary alicyclic amines) is 1. The van der Waals surface area contributed by atoms with E-state index in [9.17, 15) is 0 Å². The van der Waals surface area contributed by atoms with E-state index in [1.54, 1.807) is 11.1 Å². The minimum absolute atomic E-state index is 0.774. The molecule has 0 amide bonds. The molecule has 2 aliphatic rings. The van der Waals surface area contributed by atoms with Crippen molar-refractivity contribution in [1.29, 1.82) is 0 Å². The number of hydrogen-bond acceptors (Lipinski definition) is 1. The third kappa shape index (κ3) is 2.80. The first kappa shape index (κ1) is 14.3. The number of nitrogens with zero attached hydrogens (tertiary/aromatic N) is 1. The molecule has 0 N–H and O–H groups in total. The smallest absolute Gasteiger partial charge is 0.0406 e. The lowest BCUT2D eigenvalue weighted by Gasteiger charge is -2.32. The van der Waals surface area contributed by atoms with E-state index in [1.807, 2.05) is 12.1 Å². The van der Waals surface area contributed by atoms with Crippen LogP contribution in [0.3, 0.4) is 0 Å². The molecule has 2 aromatic rings. The maximum atomic E-state index is 5.99. The van der Waals surface area contributed by atoms with Gasteiger partial charge < -0.3 is 4.90 Å². The van der Waals surface area contributed by atoms with Gasteiger partial charge in [0.15, 0.2) is 0 Å². The average Bonchev–Trinajstić information content (AvgIpc) is 3.09. The minimum Gasteiger partial charge on any atom is -0.300 e. The van der Waals surface area contributed by atoms with Crippen molar-refractivity contribution in [2.45, 2.75) is 38.1 Å². The number of aryl methyl sites for hydroxylation is 1. The molecule has 2 aromatic carbocycles. The van der Waals surface area contributed by atoms with Gasteiger partial charge in [-0.15, -0.1) is 0 Å². The van der Waals surface area contributed by atoms with Crippen molar-refractivity contribution in [3.05, 3.63) is 58.6 Å². The van der Waals surface area contributed by atoms with E-state index in [-0.39, 0.29) is 0 Å². The maximum Gasteiger partial charge on any atom is 0.0406 e. The second-order valence-electron chi connectivity index (χ2n) is 6.63. The molecule has 1 saturated heterocycles. The van der Waals surface area contributed by atoms with Gasteiger partial charge in [0.1, 0.15) is 0 Å². The molecule has 1 aliphatic carbocycles. The van der Waals surface area contributed by atoms with Gasteiger partial charge in [0.05, 0.1) is 0 Å². The van der Waals surface area contributed by atoms with Crippen molar-refractivity contribution < 1.29 is 0 Å². The summed E-state index contributed by atoms with van der Waals surface area (Å²) >= 11 is 5.99. The maximum absolute atomic E-state index is 5.99. The third-order valence-electron chi connectivity index (χ3n) is 5.24. The number of hydrogen-bond donors (Lipinski definition) is 0. The monoisotopic (exact) mass is 311 g/mol. The van der Waals surface area contributed by atoms with Crippen LogP contribution in [0.25, 0.3) is 11.1 Å². The first-order chi connectivity index (χ1) is 10.8. The zero-order valence-electron chi connectivity index (χ0n) is 12.9. The van der Waals surface area contributed by atoms with Crippen LogP contribution in [0, 0.1) is 0 Å². The Hall–Kier alpha value is -1.31. The summed E-state index contributed by atoms with van der Waals surface area (Å²) in [7, 11) is 0. The Balaban J connectivity index is 1.56. The molecule has 0 spiro atoms. The molecule has 4 rings (SSSR count). The summed E-state index contributed by atoms with van der Waals surface area (Å²) in [6, 6.07) is 15.9. The Bertz CT molecular complexity index is 656. The van der Waals surface area contributed by atoms with E-state index in [0.29, 0.717) is 0 Å².